The zero-order valence-corrected chi connectivity index (χ0v) is 10.6. The molecule has 1 N–H and O–H groups in total. The second kappa shape index (κ2) is 8.22. The summed E-state index contributed by atoms with van der Waals surface area (Å²) < 4.78 is 12.1. The number of aliphatic hydroxyl groups excluding tert-OH is 1. The number of hydrogen-bond donors (Lipinski definition) is 1. The molecule has 98 valence electrons. The van der Waals surface area contributed by atoms with Crippen LogP contribution in [0.25, 0.3) is 0 Å². The maximum Gasteiger partial charge on any atom is 0.0817 e. The zero-order valence-electron chi connectivity index (χ0n) is 10.6. The van der Waals surface area contributed by atoms with Crippen molar-refractivity contribution in [1.82, 2.24) is 9.78 Å². The van der Waals surface area contributed by atoms with Gasteiger partial charge >= 0.3 is 0 Å². The van der Waals surface area contributed by atoms with Gasteiger partial charge in [-0.1, -0.05) is 6.92 Å². The lowest BCUT2D eigenvalue weighted by atomic mass is 10.2. The third kappa shape index (κ3) is 5.30. The van der Waals surface area contributed by atoms with Gasteiger partial charge < -0.3 is 14.6 Å². The molecule has 5 heteroatoms. The molecule has 0 spiro atoms. The molecule has 0 saturated heterocycles. The number of aliphatic hydroxyl groups is 1. The first-order valence-corrected chi connectivity index (χ1v) is 6.05. The average molecular weight is 242 g/mol. The molecule has 0 aromatic carbocycles. The Balaban J connectivity index is 2.16. The Morgan fingerprint density at radius 3 is 2.94 bits per heavy atom. The monoisotopic (exact) mass is 242 g/mol. The Morgan fingerprint density at radius 1 is 1.41 bits per heavy atom. The Hall–Kier alpha value is -0.910. The summed E-state index contributed by atoms with van der Waals surface area (Å²) in [6.45, 7) is 4.73. The Labute approximate surface area is 102 Å². The zero-order chi connectivity index (χ0) is 12.5. The van der Waals surface area contributed by atoms with Crippen LogP contribution in [0.5, 0.6) is 0 Å². The maximum atomic E-state index is 9.62. The smallest absolute Gasteiger partial charge is 0.0817 e. The van der Waals surface area contributed by atoms with Crippen molar-refractivity contribution in [3.8, 4) is 0 Å². The predicted octanol–water partition coefficient (Wildman–Crippen LogP) is 1.38. The van der Waals surface area contributed by atoms with Gasteiger partial charge in [-0.2, -0.15) is 5.10 Å². The minimum atomic E-state index is -0.401. The van der Waals surface area contributed by atoms with Crippen molar-refractivity contribution in [3.05, 3.63) is 18.0 Å². The number of nitrogens with zero attached hydrogens (tertiary/aromatic N) is 2. The van der Waals surface area contributed by atoms with Crippen molar-refractivity contribution in [1.29, 1.82) is 0 Å². The first-order chi connectivity index (χ1) is 8.27. The predicted molar refractivity (Wildman–Crippen MR) is 64.8 cm³/mol. The van der Waals surface area contributed by atoms with Crippen LogP contribution < -0.4 is 0 Å². The second-order valence-corrected chi connectivity index (χ2v) is 3.92. The molecule has 0 fully saturated rings. The number of hydrogen-bond acceptors (Lipinski definition) is 4. The molecule has 0 radical (unpaired) electrons. The van der Waals surface area contributed by atoms with Crippen LogP contribution in [0.4, 0.5) is 0 Å². The van der Waals surface area contributed by atoms with E-state index in [2.05, 4.69) is 5.10 Å². The number of aromatic nitrogens is 2. The van der Waals surface area contributed by atoms with Gasteiger partial charge in [0.2, 0.25) is 0 Å². The summed E-state index contributed by atoms with van der Waals surface area (Å²) in [6, 6.07) is 0. The van der Waals surface area contributed by atoms with Gasteiger partial charge in [-0.15, -0.1) is 0 Å². The maximum absolute atomic E-state index is 9.62. The quantitative estimate of drug-likeness (QED) is 0.665. The van der Waals surface area contributed by atoms with Crippen LogP contribution in [-0.2, 0) is 16.0 Å². The fourth-order valence-corrected chi connectivity index (χ4v) is 1.48. The minimum absolute atomic E-state index is 0.401. The van der Waals surface area contributed by atoms with E-state index in [1.807, 2.05) is 17.8 Å². The van der Waals surface area contributed by atoms with Crippen molar-refractivity contribution < 1.29 is 14.6 Å². The number of rotatable bonds is 9. The molecule has 1 aromatic heterocycles. The van der Waals surface area contributed by atoms with Crippen LogP contribution in [0.2, 0.25) is 0 Å². The first kappa shape index (κ1) is 14.2. The molecule has 1 atom stereocenters. The summed E-state index contributed by atoms with van der Waals surface area (Å²) >= 11 is 0. The lowest BCUT2D eigenvalue weighted by molar-refractivity contribution is 0.0677. The standard InChI is InChI=1S/C12H22N2O3/c1-3-12(15)11-9-13-14(10-11)5-4-6-17-8-7-16-2/h9-10,12,15H,3-8H2,1-2H3. The van der Waals surface area contributed by atoms with Crippen LogP contribution in [0.3, 0.4) is 0 Å². The van der Waals surface area contributed by atoms with E-state index in [-0.39, 0.29) is 0 Å². The second-order valence-electron chi connectivity index (χ2n) is 3.92. The van der Waals surface area contributed by atoms with Crippen LogP contribution in [-0.4, -0.2) is 41.8 Å². The average Bonchev–Trinajstić information content (AvgIpc) is 2.81. The number of ether oxygens (including phenoxy) is 2. The molecule has 0 amide bonds. The Morgan fingerprint density at radius 2 is 2.24 bits per heavy atom. The van der Waals surface area contributed by atoms with E-state index in [1.54, 1.807) is 13.3 Å². The van der Waals surface area contributed by atoms with E-state index in [0.29, 0.717) is 26.2 Å². The molecule has 5 nitrogen and oxygen atoms in total. The van der Waals surface area contributed by atoms with Crippen molar-refractivity contribution in [2.24, 2.45) is 0 Å². The van der Waals surface area contributed by atoms with E-state index in [1.165, 1.54) is 0 Å². The van der Waals surface area contributed by atoms with Crippen LogP contribution in [0.15, 0.2) is 12.4 Å². The highest BCUT2D eigenvalue weighted by atomic mass is 16.5. The molecule has 1 rings (SSSR count). The highest BCUT2D eigenvalue weighted by Crippen LogP contribution is 2.14. The van der Waals surface area contributed by atoms with Crippen LogP contribution in [0, 0.1) is 0 Å². The summed E-state index contributed by atoms with van der Waals surface area (Å²) in [4.78, 5) is 0. The van der Waals surface area contributed by atoms with Crippen LogP contribution in [0.1, 0.15) is 31.4 Å². The van der Waals surface area contributed by atoms with E-state index in [4.69, 9.17) is 9.47 Å². The fraction of sp³-hybridized carbons (Fsp3) is 0.750. The van der Waals surface area contributed by atoms with E-state index >= 15 is 0 Å². The SMILES string of the molecule is CCC(O)c1cnn(CCCOCCOC)c1. The van der Waals surface area contributed by atoms with Crippen molar-refractivity contribution >= 4 is 0 Å². The van der Waals surface area contributed by atoms with Crippen molar-refractivity contribution in [2.45, 2.75) is 32.4 Å². The van der Waals surface area contributed by atoms with Gasteiger partial charge in [-0.05, 0) is 12.8 Å². The fourth-order valence-electron chi connectivity index (χ4n) is 1.48. The third-order valence-corrected chi connectivity index (χ3v) is 2.53. The summed E-state index contributed by atoms with van der Waals surface area (Å²) in [5, 5.41) is 13.8. The van der Waals surface area contributed by atoms with Gasteiger partial charge in [0, 0.05) is 32.0 Å². The lowest BCUT2D eigenvalue weighted by Gasteiger charge is -2.04. The van der Waals surface area contributed by atoms with Crippen molar-refractivity contribution in [3.63, 3.8) is 0 Å². The summed E-state index contributed by atoms with van der Waals surface area (Å²) in [7, 11) is 1.66. The van der Waals surface area contributed by atoms with Gasteiger partial charge in [0.1, 0.15) is 0 Å². The number of methoxy groups -OCH3 is 1. The first-order valence-electron chi connectivity index (χ1n) is 6.05. The third-order valence-electron chi connectivity index (χ3n) is 2.53. The van der Waals surface area contributed by atoms with E-state index in [9.17, 15) is 5.11 Å². The van der Waals surface area contributed by atoms with Gasteiger partial charge in [0.05, 0.1) is 25.5 Å². The highest BCUT2D eigenvalue weighted by Gasteiger charge is 2.06. The normalized spacial score (nSPS) is 12.9. The molecule has 1 aromatic rings. The summed E-state index contributed by atoms with van der Waals surface area (Å²) in [5.74, 6) is 0. The van der Waals surface area contributed by atoms with E-state index < -0.39 is 6.10 Å². The molecule has 0 saturated carbocycles. The molecule has 0 aliphatic heterocycles. The summed E-state index contributed by atoms with van der Waals surface area (Å²) in [5.41, 5.74) is 0.882. The summed E-state index contributed by atoms with van der Waals surface area (Å²) in [6.07, 6.45) is 4.84. The topological polar surface area (TPSA) is 56.5 Å². The number of aryl methyl sites for hydroxylation is 1. The van der Waals surface area contributed by atoms with Gasteiger partial charge in [-0.25, -0.2) is 0 Å². The lowest BCUT2D eigenvalue weighted by Crippen LogP contribution is -2.06. The molecule has 0 aliphatic rings. The van der Waals surface area contributed by atoms with Gasteiger partial charge in [0.25, 0.3) is 0 Å². The molecule has 0 aliphatic carbocycles. The van der Waals surface area contributed by atoms with Gasteiger partial charge in [0.15, 0.2) is 0 Å². The van der Waals surface area contributed by atoms with Crippen LogP contribution >= 0.6 is 0 Å². The largest absolute Gasteiger partial charge is 0.388 e. The highest BCUT2D eigenvalue weighted by molar-refractivity contribution is 5.07. The molecular formula is C12H22N2O3. The van der Waals surface area contributed by atoms with E-state index in [0.717, 1.165) is 18.5 Å². The molecule has 1 unspecified atom stereocenters. The minimum Gasteiger partial charge on any atom is -0.388 e. The Bertz CT molecular complexity index is 302. The van der Waals surface area contributed by atoms with Gasteiger partial charge in [-0.3, -0.25) is 4.68 Å². The molecule has 1 heterocycles. The molecule has 0 bridgehead atoms. The Kier molecular flexibility index (Phi) is 6.84. The van der Waals surface area contributed by atoms with Crippen molar-refractivity contribution in [2.75, 3.05) is 26.9 Å². The molecular weight excluding hydrogens is 220 g/mol. The molecule has 17 heavy (non-hydrogen) atoms.